The average molecular weight is 256 g/mol. The van der Waals surface area contributed by atoms with Gasteiger partial charge in [0.2, 0.25) is 0 Å². The van der Waals surface area contributed by atoms with Crippen molar-refractivity contribution >= 4 is 23.8 Å². The summed E-state index contributed by atoms with van der Waals surface area (Å²) in [7, 11) is 0. The standard InChI is InChI=1S/C14H10ClN3/c1-10-7-13(15)18-14(17-10)6-5-11-3-2-4-12(8-11)9-16/h2-8H,1H3/b6-5+. The second kappa shape index (κ2) is 5.44. The summed E-state index contributed by atoms with van der Waals surface area (Å²) < 4.78 is 0. The molecule has 0 fully saturated rings. The topological polar surface area (TPSA) is 49.6 Å². The lowest BCUT2D eigenvalue weighted by Gasteiger charge is -1.97. The van der Waals surface area contributed by atoms with E-state index < -0.39 is 0 Å². The number of halogens is 1. The molecule has 0 saturated carbocycles. The lowest BCUT2D eigenvalue weighted by molar-refractivity contribution is 1.08. The first-order chi connectivity index (χ1) is 8.67. The molecule has 0 radical (unpaired) electrons. The van der Waals surface area contributed by atoms with E-state index in [-0.39, 0.29) is 0 Å². The fourth-order valence-corrected chi connectivity index (χ4v) is 1.75. The normalized spacial score (nSPS) is 10.5. The number of aryl methyl sites for hydroxylation is 1. The van der Waals surface area contributed by atoms with Crippen LogP contribution in [0, 0.1) is 18.3 Å². The number of hydrogen-bond donors (Lipinski definition) is 0. The van der Waals surface area contributed by atoms with Gasteiger partial charge in [-0.2, -0.15) is 5.26 Å². The van der Waals surface area contributed by atoms with E-state index in [4.69, 9.17) is 16.9 Å². The minimum atomic E-state index is 0.424. The summed E-state index contributed by atoms with van der Waals surface area (Å²) in [6.45, 7) is 1.86. The first kappa shape index (κ1) is 12.3. The van der Waals surface area contributed by atoms with Crippen LogP contribution in [-0.2, 0) is 0 Å². The largest absolute Gasteiger partial charge is 0.234 e. The number of nitriles is 1. The van der Waals surface area contributed by atoms with E-state index in [1.54, 1.807) is 24.3 Å². The quantitative estimate of drug-likeness (QED) is 0.772. The van der Waals surface area contributed by atoms with E-state index in [0.29, 0.717) is 16.5 Å². The molecule has 18 heavy (non-hydrogen) atoms. The third kappa shape index (κ3) is 3.16. The van der Waals surface area contributed by atoms with Gasteiger partial charge in [0.15, 0.2) is 5.82 Å². The van der Waals surface area contributed by atoms with Gasteiger partial charge in [-0.15, -0.1) is 0 Å². The van der Waals surface area contributed by atoms with E-state index in [0.717, 1.165) is 11.3 Å². The second-order valence-corrected chi connectivity index (χ2v) is 4.15. The SMILES string of the molecule is Cc1cc(Cl)nc(/C=C/c2cccc(C#N)c2)n1. The highest BCUT2D eigenvalue weighted by Crippen LogP contribution is 2.11. The maximum absolute atomic E-state index is 8.80. The van der Waals surface area contributed by atoms with Crippen molar-refractivity contribution in [3.63, 3.8) is 0 Å². The Labute approximate surface area is 110 Å². The lowest BCUT2D eigenvalue weighted by Crippen LogP contribution is -1.90. The molecule has 0 unspecified atom stereocenters. The van der Waals surface area contributed by atoms with Crippen LogP contribution in [0.3, 0.4) is 0 Å². The monoisotopic (exact) mass is 255 g/mol. The van der Waals surface area contributed by atoms with Crippen molar-refractivity contribution in [3.05, 3.63) is 58.1 Å². The summed E-state index contributed by atoms with van der Waals surface area (Å²) in [5.74, 6) is 0.558. The van der Waals surface area contributed by atoms with Gasteiger partial charge in [0.25, 0.3) is 0 Å². The molecular formula is C14H10ClN3. The molecule has 88 valence electrons. The molecule has 3 nitrogen and oxygen atoms in total. The smallest absolute Gasteiger partial charge is 0.153 e. The van der Waals surface area contributed by atoms with Crippen molar-refractivity contribution in [3.8, 4) is 6.07 Å². The van der Waals surface area contributed by atoms with Gasteiger partial charge in [-0.05, 0) is 36.8 Å². The molecule has 1 heterocycles. The molecule has 0 aliphatic rings. The van der Waals surface area contributed by atoms with Gasteiger partial charge in [-0.25, -0.2) is 9.97 Å². The summed E-state index contributed by atoms with van der Waals surface area (Å²) in [4.78, 5) is 8.34. The maximum atomic E-state index is 8.80. The molecule has 0 aliphatic carbocycles. The van der Waals surface area contributed by atoms with Crippen LogP contribution in [0.5, 0.6) is 0 Å². The van der Waals surface area contributed by atoms with Crippen molar-refractivity contribution in [2.24, 2.45) is 0 Å². The van der Waals surface area contributed by atoms with Gasteiger partial charge in [-0.3, -0.25) is 0 Å². The molecule has 0 N–H and O–H groups in total. The van der Waals surface area contributed by atoms with Crippen LogP contribution < -0.4 is 0 Å². The van der Waals surface area contributed by atoms with Gasteiger partial charge in [0.05, 0.1) is 11.6 Å². The predicted octanol–water partition coefficient (Wildman–Crippen LogP) is 3.48. The first-order valence-corrected chi connectivity index (χ1v) is 5.74. The van der Waals surface area contributed by atoms with Crippen LogP contribution in [0.25, 0.3) is 12.2 Å². The second-order valence-electron chi connectivity index (χ2n) is 3.76. The van der Waals surface area contributed by atoms with Crippen molar-refractivity contribution in [2.45, 2.75) is 6.92 Å². The van der Waals surface area contributed by atoms with Crippen LogP contribution in [0.4, 0.5) is 0 Å². The molecular weight excluding hydrogens is 246 g/mol. The van der Waals surface area contributed by atoms with Gasteiger partial charge < -0.3 is 0 Å². The minimum absolute atomic E-state index is 0.424. The summed E-state index contributed by atoms with van der Waals surface area (Å²) in [6, 6.07) is 11.1. The number of aromatic nitrogens is 2. The molecule has 0 amide bonds. The molecule has 2 aromatic rings. The Balaban J connectivity index is 2.27. The highest BCUT2D eigenvalue weighted by molar-refractivity contribution is 6.29. The van der Waals surface area contributed by atoms with E-state index in [2.05, 4.69) is 16.0 Å². The number of hydrogen-bond acceptors (Lipinski definition) is 3. The zero-order chi connectivity index (χ0) is 13.0. The fourth-order valence-electron chi connectivity index (χ4n) is 1.51. The molecule has 0 spiro atoms. The molecule has 0 saturated heterocycles. The van der Waals surface area contributed by atoms with Crippen molar-refractivity contribution in [1.29, 1.82) is 5.26 Å². The van der Waals surface area contributed by atoms with Crippen LogP contribution >= 0.6 is 11.6 Å². The van der Waals surface area contributed by atoms with E-state index in [9.17, 15) is 0 Å². The van der Waals surface area contributed by atoms with Crippen LogP contribution in [0.1, 0.15) is 22.6 Å². The average Bonchev–Trinajstić information content (AvgIpc) is 2.35. The summed E-state index contributed by atoms with van der Waals surface area (Å²) in [5, 5.41) is 9.23. The predicted molar refractivity (Wildman–Crippen MR) is 71.9 cm³/mol. The zero-order valence-electron chi connectivity index (χ0n) is 9.76. The fraction of sp³-hybridized carbons (Fsp3) is 0.0714. The highest BCUT2D eigenvalue weighted by atomic mass is 35.5. The molecule has 0 atom stereocenters. The molecule has 1 aromatic carbocycles. The van der Waals surface area contributed by atoms with Crippen LogP contribution in [0.15, 0.2) is 30.3 Å². The van der Waals surface area contributed by atoms with Crippen LogP contribution in [-0.4, -0.2) is 9.97 Å². The Kier molecular flexibility index (Phi) is 3.71. The van der Waals surface area contributed by atoms with Crippen molar-refractivity contribution < 1.29 is 0 Å². The molecule has 1 aromatic heterocycles. The van der Waals surface area contributed by atoms with Gasteiger partial charge in [0, 0.05) is 5.69 Å². The van der Waals surface area contributed by atoms with Crippen molar-refractivity contribution in [2.75, 3.05) is 0 Å². The molecule has 2 rings (SSSR count). The Hall–Kier alpha value is -2.18. The number of nitrogens with zero attached hydrogens (tertiary/aromatic N) is 3. The maximum Gasteiger partial charge on any atom is 0.153 e. The minimum Gasteiger partial charge on any atom is -0.234 e. The van der Waals surface area contributed by atoms with Gasteiger partial charge in [-0.1, -0.05) is 29.8 Å². The Morgan fingerprint density at radius 3 is 2.78 bits per heavy atom. The molecule has 0 aliphatic heterocycles. The third-order valence-electron chi connectivity index (χ3n) is 2.28. The van der Waals surface area contributed by atoms with Gasteiger partial charge >= 0.3 is 0 Å². The van der Waals surface area contributed by atoms with E-state index in [1.165, 1.54) is 0 Å². The third-order valence-corrected chi connectivity index (χ3v) is 2.47. The zero-order valence-corrected chi connectivity index (χ0v) is 10.5. The van der Waals surface area contributed by atoms with E-state index in [1.807, 2.05) is 25.1 Å². The summed E-state index contributed by atoms with van der Waals surface area (Å²) >= 11 is 5.85. The van der Waals surface area contributed by atoms with Gasteiger partial charge in [0.1, 0.15) is 5.15 Å². The summed E-state index contributed by atoms with van der Waals surface area (Å²) in [6.07, 6.45) is 3.63. The van der Waals surface area contributed by atoms with Crippen molar-refractivity contribution in [1.82, 2.24) is 9.97 Å². The lowest BCUT2D eigenvalue weighted by atomic mass is 10.1. The Bertz CT molecular complexity index is 621. The van der Waals surface area contributed by atoms with Crippen LogP contribution in [0.2, 0.25) is 5.15 Å². The number of benzene rings is 1. The Morgan fingerprint density at radius 1 is 1.22 bits per heavy atom. The van der Waals surface area contributed by atoms with E-state index >= 15 is 0 Å². The highest BCUT2D eigenvalue weighted by Gasteiger charge is 1.97. The summed E-state index contributed by atoms with van der Waals surface area (Å²) in [5.41, 5.74) is 2.37. The Morgan fingerprint density at radius 2 is 2.06 bits per heavy atom. The first-order valence-electron chi connectivity index (χ1n) is 5.37. The molecule has 4 heteroatoms. The number of rotatable bonds is 2. The molecule has 0 bridgehead atoms.